The van der Waals surface area contributed by atoms with E-state index < -0.39 is 0 Å². The maximum absolute atomic E-state index is 6.01. The second-order valence-corrected chi connectivity index (χ2v) is 6.58. The SMILES string of the molecule is CN1CCc2c(c3ccccc3n2Cc2ccc(Cl)cc2)C1. The van der Waals surface area contributed by atoms with Crippen LogP contribution in [0, 0.1) is 0 Å². The Bertz CT molecular complexity index is 817. The molecule has 3 aromatic rings. The topological polar surface area (TPSA) is 8.17 Å². The van der Waals surface area contributed by atoms with E-state index in [-0.39, 0.29) is 0 Å². The van der Waals surface area contributed by atoms with E-state index in [4.69, 9.17) is 11.6 Å². The molecule has 0 unspecified atom stereocenters. The van der Waals surface area contributed by atoms with Crippen molar-refractivity contribution in [1.29, 1.82) is 0 Å². The van der Waals surface area contributed by atoms with Crippen molar-refractivity contribution in [2.24, 2.45) is 0 Å². The molecule has 3 heteroatoms. The summed E-state index contributed by atoms with van der Waals surface area (Å²) in [6, 6.07) is 17.0. The summed E-state index contributed by atoms with van der Waals surface area (Å²) < 4.78 is 2.49. The standard InChI is InChI=1S/C19H19ClN2/c1-21-11-10-19-17(13-21)16-4-2-3-5-18(16)22(19)12-14-6-8-15(20)9-7-14/h2-9H,10-13H2,1H3. The molecule has 4 rings (SSSR count). The lowest BCUT2D eigenvalue weighted by atomic mass is 10.1. The summed E-state index contributed by atoms with van der Waals surface area (Å²) in [5.41, 5.74) is 5.64. The quantitative estimate of drug-likeness (QED) is 0.684. The molecule has 2 nitrogen and oxygen atoms in total. The average Bonchev–Trinajstić information content (AvgIpc) is 2.83. The van der Waals surface area contributed by atoms with Crippen LogP contribution in [0.1, 0.15) is 16.8 Å². The largest absolute Gasteiger partial charge is 0.340 e. The number of para-hydroxylation sites is 1. The van der Waals surface area contributed by atoms with Gasteiger partial charge in [0.2, 0.25) is 0 Å². The third kappa shape index (κ3) is 2.33. The molecule has 22 heavy (non-hydrogen) atoms. The number of fused-ring (bicyclic) bond motifs is 3. The van der Waals surface area contributed by atoms with Crippen LogP contribution in [0.4, 0.5) is 0 Å². The molecule has 0 saturated heterocycles. The van der Waals surface area contributed by atoms with Gasteiger partial charge in [0.1, 0.15) is 0 Å². The molecule has 0 spiro atoms. The molecule has 0 atom stereocenters. The van der Waals surface area contributed by atoms with Gasteiger partial charge in [-0.05, 0) is 36.4 Å². The summed E-state index contributed by atoms with van der Waals surface area (Å²) in [4.78, 5) is 2.40. The van der Waals surface area contributed by atoms with Crippen molar-refractivity contribution >= 4 is 22.5 Å². The lowest BCUT2D eigenvalue weighted by Crippen LogP contribution is -2.27. The predicted octanol–water partition coefficient (Wildman–Crippen LogP) is 4.33. The van der Waals surface area contributed by atoms with E-state index in [1.807, 2.05) is 12.1 Å². The van der Waals surface area contributed by atoms with Gasteiger partial charge in [-0.3, -0.25) is 0 Å². The number of benzene rings is 2. The zero-order valence-corrected chi connectivity index (χ0v) is 13.5. The van der Waals surface area contributed by atoms with Crippen LogP contribution in [0.25, 0.3) is 10.9 Å². The molecule has 0 aliphatic carbocycles. The Morgan fingerprint density at radius 3 is 2.64 bits per heavy atom. The van der Waals surface area contributed by atoms with E-state index in [1.54, 1.807) is 0 Å². The Labute approximate surface area is 135 Å². The minimum Gasteiger partial charge on any atom is -0.340 e. The first-order chi connectivity index (χ1) is 10.7. The van der Waals surface area contributed by atoms with Crippen molar-refractivity contribution in [1.82, 2.24) is 9.47 Å². The lowest BCUT2D eigenvalue weighted by molar-refractivity contribution is 0.310. The average molecular weight is 311 g/mol. The summed E-state index contributed by atoms with van der Waals surface area (Å²) in [6.07, 6.45) is 1.12. The lowest BCUT2D eigenvalue weighted by Gasteiger charge is -2.24. The highest BCUT2D eigenvalue weighted by Crippen LogP contribution is 2.31. The molecule has 0 radical (unpaired) electrons. The smallest absolute Gasteiger partial charge is 0.0489 e. The van der Waals surface area contributed by atoms with Gasteiger partial charge in [-0.25, -0.2) is 0 Å². The first kappa shape index (κ1) is 13.9. The monoisotopic (exact) mass is 310 g/mol. The van der Waals surface area contributed by atoms with Gasteiger partial charge in [0.15, 0.2) is 0 Å². The minimum absolute atomic E-state index is 0.796. The fourth-order valence-corrected chi connectivity index (χ4v) is 3.61. The molecule has 0 saturated carbocycles. The third-order valence-corrected chi connectivity index (χ3v) is 4.86. The summed E-state index contributed by atoms with van der Waals surface area (Å²) in [6.45, 7) is 3.09. The molecule has 2 heterocycles. The molecular weight excluding hydrogens is 292 g/mol. The highest BCUT2D eigenvalue weighted by Gasteiger charge is 2.21. The van der Waals surface area contributed by atoms with Crippen LogP contribution < -0.4 is 0 Å². The first-order valence-electron chi connectivity index (χ1n) is 7.74. The van der Waals surface area contributed by atoms with Crippen molar-refractivity contribution < 1.29 is 0 Å². The molecule has 1 aliphatic heterocycles. The van der Waals surface area contributed by atoms with Gasteiger partial charge in [0, 0.05) is 47.7 Å². The van der Waals surface area contributed by atoms with Crippen LogP contribution >= 0.6 is 11.6 Å². The molecule has 0 N–H and O–H groups in total. The second-order valence-electron chi connectivity index (χ2n) is 6.14. The fourth-order valence-electron chi connectivity index (χ4n) is 3.49. The van der Waals surface area contributed by atoms with E-state index in [0.717, 1.165) is 31.1 Å². The van der Waals surface area contributed by atoms with Gasteiger partial charge in [-0.1, -0.05) is 41.9 Å². The number of hydrogen-bond donors (Lipinski definition) is 0. The van der Waals surface area contributed by atoms with Crippen molar-refractivity contribution in [2.45, 2.75) is 19.5 Å². The van der Waals surface area contributed by atoms with E-state index in [1.165, 1.54) is 27.7 Å². The first-order valence-corrected chi connectivity index (χ1v) is 8.12. The Balaban J connectivity index is 1.84. The van der Waals surface area contributed by atoms with Crippen LogP contribution in [-0.4, -0.2) is 23.1 Å². The normalized spacial score (nSPS) is 15.2. The molecule has 0 fully saturated rings. The van der Waals surface area contributed by atoms with Gasteiger partial charge in [-0.15, -0.1) is 0 Å². The molecule has 1 aliphatic rings. The number of rotatable bonds is 2. The molecular formula is C19H19ClN2. The van der Waals surface area contributed by atoms with Gasteiger partial charge in [0.05, 0.1) is 0 Å². The van der Waals surface area contributed by atoms with Crippen LogP contribution in [0.15, 0.2) is 48.5 Å². The summed E-state index contributed by atoms with van der Waals surface area (Å²) in [5, 5.41) is 2.20. The van der Waals surface area contributed by atoms with Crippen LogP contribution in [0.5, 0.6) is 0 Å². The summed E-state index contributed by atoms with van der Waals surface area (Å²) >= 11 is 6.01. The van der Waals surface area contributed by atoms with Crippen molar-refractivity contribution in [2.75, 3.05) is 13.6 Å². The Hall–Kier alpha value is -1.77. The summed E-state index contributed by atoms with van der Waals surface area (Å²) in [7, 11) is 2.20. The summed E-state index contributed by atoms with van der Waals surface area (Å²) in [5.74, 6) is 0. The Kier molecular flexibility index (Phi) is 3.44. The minimum atomic E-state index is 0.796. The second kappa shape index (κ2) is 5.45. The van der Waals surface area contributed by atoms with Crippen LogP contribution in [0.3, 0.4) is 0 Å². The van der Waals surface area contributed by atoms with E-state index >= 15 is 0 Å². The van der Waals surface area contributed by atoms with Gasteiger partial charge in [0.25, 0.3) is 0 Å². The van der Waals surface area contributed by atoms with Crippen molar-refractivity contribution in [3.8, 4) is 0 Å². The zero-order valence-electron chi connectivity index (χ0n) is 12.7. The molecule has 0 amide bonds. The zero-order chi connectivity index (χ0) is 15.1. The van der Waals surface area contributed by atoms with E-state index in [2.05, 4.69) is 52.9 Å². The van der Waals surface area contributed by atoms with Crippen molar-refractivity contribution in [3.05, 3.63) is 70.4 Å². The molecule has 112 valence electrons. The molecule has 1 aromatic heterocycles. The Morgan fingerprint density at radius 2 is 1.82 bits per heavy atom. The third-order valence-electron chi connectivity index (χ3n) is 4.61. The van der Waals surface area contributed by atoms with Gasteiger partial charge >= 0.3 is 0 Å². The van der Waals surface area contributed by atoms with Crippen molar-refractivity contribution in [3.63, 3.8) is 0 Å². The highest BCUT2D eigenvalue weighted by molar-refractivity contribution is 6.30. The maximum atomic E-state index is 6.01. The molecule has 2 aromatic carbocycles. The number of nitrogens with zero attached hydrogens (tertiary/aromatic N) is 2. The van der Waals surface area contributed by atoms with E-state index in [9.17, 15) is 0 Å². The Morgan fingerprint density at radius 1 is 1.05 bits per heavy atom. The number of likely N-dealkylation sites (N-methyl/N-ethyl adjacent to an activating group) is 1. The maximum Gasteiger partial charge on any atom is 0.0489 e. The molecule has 0 bridgehead atoms. The van der Waals surface area contributed by atoms with Gasteiger partial charge in [-0.2, -0.15) is 0 Å². The highest BCUT2D eigenvalue weighted by atomic mass is 35.5. The van der Waals surface area contributed by atoms with Crippen LogP contribution in [0.2, 0.25) is 5.02 Å². The fraction of sp³-hybridized carbons (Fsp3) is 0.263. The number of halogens is 1. The number of hydrogen-bond acceptors (Lipinski definition) is 1. The van der Waals surface area contributed by atoms with Gasteiger partial charge < -0.3 is 9.47 Å². The van der Waals surface area contributed by atoms with E-state index in [0.29, 0.717) is 0 Å². The predicted molar refractivity (Wildman–Crippen MR) is 92.5 cm³/mol. The number of aromatic nitrogens is 1. The van der Waals surface area contributed by atoms with Crippen LogP contribution in [-0.2, 0) is 19.5 Å².